The fraction of sp³-hybridized carbons (Fsp3) is 0.650. The van der Waals surface area contributed by atoms with E-state index in [4.69, 9.17) is 9.47 Å². The number of amides is 1. The van der Waals surface area contributed by atoms with Crippen LogP contribution in [0.3, 0.4) is 0 Å². The van der Waals surface area contributed by atoms with Gasteiger partial charge < -0.3 is 14.4 Å². The van der Waals surface area contributed by atoms with Crippen molar-refractivity contribution in [1.82, 2.24) is 9.80 Å². The molecular weight excluding hydrogens is 316 g/mol. The van der Waals surface area contributed by atoms with Crippen LogP contribution in [0.2, 0.25) is 0 Å². The van der Waals surface area contributed by atoms with Crippen molar-refractivity contribution in [3.63, 3.8) is 0 Å². The minimum absolute atomic E-state index is 0.144. The van der Waals surface area contributed by atoms with Gasteiger partial charge >= 0.3 is 6.09 Å². The summed E-state index contributed by atoms with van der Waals surface area (Å²) in [6.07, 6.45) is 0.622. The highest BCUT2D eigenvalue weighted by Crippen LogP contribution is 2.31. The van der Waals surface area contributed by atoms with Crippen molar-refractivity contribution in [3.05, 3.63) is 28.8 Å². The lowest BCUT2D eigenvalue weighted by molar-refractivity contribution is 0.0861. The van der Waals surface area contributed by atoms with Crippen molar-refractivity contribution in [3.8, 4) is 5.75 Å². The Morgan fingerprint density at radius 1 is 1.16 bits per heavy atom. The van der Waals surface area contributed by atoms with Crippen LogP contribution in [0.5, 0.6) is 5.75 Å². The van der Waals surface area contributed by atoms with E-state index in [0.717, 1.165) is 37.4 Å². The number of rotatable bonds is 7. The van der Waals surface area contributed by atoms with E-state index >= 15 is 0 Å². The zero-order valence-electron chi connectivity index (χ0n) is 16.3. The van der Waals surface area contributed by atoms with Crippen molar-refractivity contribution in [2.24, 2.45) is 0 Å². The molecule has 0 N–H and O–H groups in total. The molecule has 2 rings (SSSR count). The molecule has 1 aromatic rings. The second-order valence-electron chi connectivity index (χ2n) is 6.50. The molecule has 1 amide bonds. The summed E-state index contributed by atoms with van der Waals surface area (Å²) in [5, 5.41) is 0. The molecule has 1 aliphatic heterocycles. The lowest BCUT2D eigenvalue weighted by Gasteiger charge is -2.35. The van der Waals surface area contributed by atoms with Crippen molar-refractivity contribution >= 4 is 6.09 Å². The van der Waals surface area contributed by atoms with Gasteiger partial charge in [-0.15, -0.1) is 0 Å². The Labute approximate surface area is 151 Å². The van der Waals surface area contributed by atoms with Gasteiger partial charge in [-0.05, 0) is 57.5 Å². The smallest absolute Gasteiger partial charge is 0.410 e. The fourth-order valence-electron chi connectivity index (χ4n) is 3.38. The molecule has 5 heteroatoms. The molecule has 0 bridgehead atoms. The van der Waals surface area contributed by atoms with Crippen LogP contribution in [0.1, 0.15) is 51.3 Å². The van der Waals surface area contributed by atoms with E-state index in [0.29, 0.717) is 19.8 Å². The number of hydrogen-bond donors (Lipinski definition) is 0. The summed E-state index contributed by atoms with van der Waals surface area (Å²) in [7, 11) is 0. The van der Waals surface area contributed by atoms with Crippen molar-refractivity contribution in [2.75, 3.05) is 26.3 Å². The molecule has 0 radical (unpaired) electrons. The number of fused-ring (bicyclic) bond motifs is 1. The van der Waals surface area contributed by atoms with Gasteiger partial charge in [0.15, 0.2) is 0 Å². The van der Waals surface area contributed by atoms with Crippen molar-refractivity contribution in [1.29, 1.82) is 0 Å². The van der Waals surface area contributed by atoms with Gasteiger partial charge in [0, 0.05) is 24.7 Å². The SMILES string of the molecule is CCOC(=O)N1Cc2cc(OCC)c(CN(CC)CC)cc2CC1C. The molecule has 1 heterocycles. The van der Waals surface area contributed by atoms with E-state index in [1.807, 2.05) is 18.7 Å². The minimum atomic E-state index is -0.231. The third kappa shape index (κ3) is 4.66. The minimum Gasteiger partial charge on any atom is -0.494 e. The Morgan fingerprint density at radius 2 is 1.88 bits per heavy atom. The third-order valence-corrected chi connectivity index (χ3v) is 4.86. The predicted molar refractivity (Wildman–Crippen MR) is 100.0 cm³/mol. The summed E-state index contributed by atoms with van der Waals surface area (Å²) in [4.78, 5) is 16.4. The largest absolute Gasteiger partial charge is 0.494 e. The Kier molecular flexibility index (Phi) is 7.12. The van der Waals surface area contributed by atoms with Crippen LogP contribution in [0, 0.1) is 0 Å². The Bertz CT molecular complexity index is 585. The second kappa shape index (κ2) is 9.09. The average Bonchev–Trinajstić information content (AvgIpc) is 2.60. The van der Waals surface area contributed by atoms with Gasteiger partial charge in [0.1, 0.15) is 5.75 Å². The molecule has 0 saturated heterocycles. The first-order valence-electron chi connectivity index (χ1n) is 9.47. The molecule has 0 saturated carbocycles. The van der Waals surface area contributed by atoms with Crippen LogP contribution in [0.15, 0.2) is 12.1 Å². The highest BCUT2D eigenvalue weighted by atomic mass is 16.6. The first kappa shape index (κ1) is 19.6. The van der Waals surface area contributed by atoms with E-state index in [2.05, 4.69) is 37.8 Å². The summed E-state index contributed by atoms with van der Waals surface area (Å²) in [5.41, 5.74) is 3.72. The molecule has 25 heavy (non-hydrogen) atoms. The topological polar surface area (TPSA) is 42.0 Å². The van der Waals surface area contributed by atoms with E-state index < -0.39 is 0 Å². The Hall–Kier alpha value is -1.75. The maximum Gasteiger partial charge on any atom is 0.410 e. The van der Waals surface area contributed by atoms with Gasteiger partial charge in [-0.1, -0.05) is 19.9 Å². The van der Waals surface area contributed by atoms with Crippen LogP contribution in [0.25, 0.3) is 0 Å². The molecular formula is C20H32N2O3. The number of nitrogens with zero attached hydrogens (tertiary/aromatic N) is 2. The zero-order valence-corrected chi connectivity index (χ0v) is 16.3. The summed E-state index contributed by atoms with van der Waals surface area (Å²) < 4.78 is 11.1. The van der Waals surface area contributed by atoms with Crippen LogP contribution in [-0.4, -0.2) is 48.2 Å². The first-order valence-corrected chi connectivity index (χ1v) is 9.47. The second-order valence-corrected chi connectivity index (χ2v) is 6.50. The number of carbonyl (C=O) groups excluding carboxylic acids is 1. The molecule has 1 aromatic carbocycles. The van der Waals surface area contributed by atoms with Crippen LogP contribution in [-0.2, 0) is 24.2 Å². The summed E-state index contributed by atoms with van der Waals surface area (Å²) in [6.45, 7) is 14.9. The number of hydrogen-bond acceptors (Lipinski definition) is 4. The summed E-state index contributed by atoms with van der Waals surface area (Å²) in [6, 6.07) is 4.54. The summed E-state index contributed by atoms with van der Waals surface area (Å²) in [5.74, 6) is 0.937. The van der Waals surface area contributed by atoms with Crippen molar-refractivity contribution in [2.45, 2.75) is 60.2 Å². The van der Waals surface area contributed by atoms with Gasteiger partial charge in [0.2, 0.25) is 0 Å². The van der Waals surface area contributed by atoms with E-state index in [1.54, 1.807) is 0 Å². The van der Waals surface area contributed by atoms with Gasteiger partial charge in [-0.3, -0.25) is 4.90 Å². The van der Waals surface area contributed by atoms with E-state index in [9.17, 15) is 4.79 Å². The zero-order chi connectivity index (χ0) is 18.4. The highest BCUT2D eigenvalue weighted by molar-refractivity contribution is 5.68. The molecule has 0 spiro atoms. The standard InChI is InChI=1S/C20H32N2O3/c1-6-21(7-2)13-18-11-16-10-15(5)22(20(23)25-9-4)14-17(16)12-19(18)24-8-3/h11-12,15H,6-10,13-14H2,1-5H3. The lowest BCUT2D eigenvalue weighted by atomic mass is 9.92. The van der Waals surface area contributed by atoms with Crippen molar-refractivity contribution < 1.29 is 14.3 Å². The molecule has 0 fully saturated rings. The molecule has 140 valence electrons. The monoisotopic (exact) mass is 348 g/mol. The number of benzene rings is 1. The predicted octanol–water partition coefficient (Wildman–Crippen LogP) is 3.83. The van der Waals surface area contributed by atoms with E-state index in [1.165, 1.54) is 11.1 Å². The van der Waals surface area contributed by atoms with Crippen LogP contribution >= 0.6 is 0 Å². The normalized spacial score (nSPS) is 16.7. The fourth-order valence-corrected chi connectivity index (χ4v) is 3.38. The maximum absolute atomic E-state index is 12.2. The van der Waals surface area contributed by atoms with Gasteiger partial charge in [0.05, 0.1) is 13.2 Å². The number of carbonyl (C=O) groups is 1. The molecule has 0 aromatic heterocycles. The Balaban J connectivity index is 2.30. The lowest BCUT2D eigenvalue weighted by Crippen LogP contribution is -2.43. The first-order chi connectivity index (χ1) is 12.0. The van der Waals surface area contributed by atoms with Crippen LogP contribution in [0.4, 0.5) is 4.79 Å². The Morgan fingerprint density at radius 3 is 2.48 bits per heavy atom. The highest BCUT2D eigenvalue weighted by Gasteiger charge is 2.29. The van der Waals surface area contributed by atoms with Gasteiger partial charge in [-0.25, -0.2) is 4.79 Å². The van der Waals surface area contributed by atoms with E-state index in [-0.39, 0.29) is 12.1 Å². The molecule has 1 unspecified atom stereocenters. The average molecular weight is 348 g/mol. The molecule has 1 aliphatic rings. The summed E-state index contributed by atoms with van der Waals surface area (Å²) >= 11 is 0. The maximum atomic E-state index is 12.2. The quantitative estimate of drug-likeness (QED) is 0.751. The van der Waals surface area contributed by atoms with Gasteiger partial charge in [0.25, 0.3) is 0 Å². The number of ether oxygens (including phenoxy) is 2. The molecule has 5 nitrogen and oxygen atoms in total. The van der Waals surface area contributed by atoms with Crippen LogP contribution < -0.4 is 4.74 Å². The molecule has 0 aliphatic carbocycles. The third-order valence-electron chi connectivity index (χ3n) is 4.86. The van der Waals surface area contributed by atoms with Gasteiger partial charge in [-0.2, -0.15) is 0 Å². The molecule has 1 atom stereocenters.